The normalized spacial score (nSPS) is 19.5. The fourth-order valence-electron chi connectivity index (χ4n) is 1.37. The first-order chi connectivity index (χ1) is 7.16. The van der Waals surface area contributed by atoms with Gasteiger partial charge in [-0.3, -0.25) is 0 Å². The second-order valence-electron chi connectivity index (χ2n) is 3.19. The molecule has 2 rings (SSSR count). The molecule has 78 valence electrons. The predicted molar refractivity (Wildman–Crippen MR) is 58.2 cm³/mol. The minimum absolute atomic E-state index is 0.109. The molecule has 0 bridgehead atoms. The van der Waals surface area contributed by atoms with E-state index in [2.05, 4.69) is 21.1 Å². The van der Waals surface area contributed by atoms with E-state index in [1.54, 1.807) is 24.3 Å². The van der Waals surface area contributed by atoms with E-state index in [4.69, 9.17) is 9.94 Å². The summed E-state index contributed by atoms with van der Waals surface area (Å²) in [6.45, 7) is 0. The molecule has 1 atom stereocenters. The summed E-state index contributed by atoms with van der Waals surface area (Å²) in [6.07, 6.45) is 0.578. The molecule has 0 amide bonds. The maximum Gasteiger partial charge on any atom is 0.335 e. The van der Waals surface area contributed by atoms with Crippen LogP contribution >= 0.6 is 15.9 Å². The van der Waals surface area contributed by atoms with Gasteiger partial charge in [-0.05, 0) is 33.6 Å². The van der Waals surface area contributed by atoms with E-state index in [9.17, 15) is 4.79 Å². The van der Waals surface area contributed by atoms with E-state index in [0.717, 1.165) is 10.2 Å². The monoisotopic (exact) mass is 269 g/mol. The second-order valence-corrected chi connectivity index (χ2v) is 4.11. The van der Waals surface area contributed by atoms with Gasteiger partial charge in [-0.15, -0.1) is 0 Å². The maximum atomic E-state index is 10.6. The van der Waals surface area contributed by atoms with Gasteiger partial charge in [0.2, 0.25) is 0 Å². The van der Waals surface area contributed by atoms with Crippen LogP contribution in [0.5, 0.6) is 0 Å². The molecule has 0 fully saturated rings. The molecular weight excluding hydrogens is 262 g/mol. The third kappa shape index (κ3) is 2.18. The third-order valence-corrected chi connectivity index (χ3v) is 2.63. The Balaban J connectivity index is 2.14. The fraction of sp³-hybridized carbons (Fsp3) is 0.200. The Hall–Kier alpha value is -1.36. The van der Waals surface area contributed by atoms with Crippen LogP contribution in [-0.2, 0) is 4.84 Å². The van der Waals surface area contributed by atoms with E-state index >= 15 is 0 Å². The molecule has 1 unspecified atom stereocenters. The lowest BCUT2D eigenvalue weighted by Crippen LogP contribution is -2.00. The van der Waals surface area contributed by atoms with Gasteiger partial charge in [0.25, 0.3) is 0 Å². The number of rotatable bonds is 2. The van der Waals surface area contributed by atoms with Crippen molar-refractivity contribution in [1.82, 2.24) is 0 Å². The lowest BCUT2D eigenvalue weighted by molar-refractivity contribution is 0.0696. The molecule has 1 aromatic rings. The summed E-state index contributed by atoms with van der Waals surface area (Å²) in [7, 11) is 0. The number of carboxylic acid groups (broad SMARTS) is 1. The first kappa shape index (κ1) is 10.2. The van der Waals surface area contributed by atoms with Crippen molar-refractivity contribution in [3.63, 3.8) is 0 Å². The summed E-state index contributed by atoms with van der Waals surface area (Å²) in [6, 6.07) is 6.62. The van der Waals surface area contributed by atoms with Gasteiger partial charge in [0.15, 0.2) is 6.10 Å². The Labute approximate surface area is 94.7 Å². The highest BCUT2D eigenvalue weighted by Crippen LogP contribution is 2.28. The molecule has 1 aliphatic heterocycles. The number of oxime groups is 1. The number of benzene rings is 1. The highest BCUT2D eigenvalue weighted by atomic mass is 79.9. The van der Waals surface area contributed by atoms with Crippen molar-refractivity contribution >= 4 is 26.5 Å². The third-order valence-electron chi connectivity index (χ3n) is 2.16. The van der Waals surface area contributed by atoms with Crippen LogP contribution in [0, 0.1) is 0 Å². The number of carboxylic acids is 1. The van der Waals surface area contributed by atoms with E-state index < -0.39 is 5.97 Å². The summed E-state index contributed by atoms with van der Waals surface area (Å²) in [4.78, 5) is 15.8. The van der Waals surface area contributed by atoms with Gasteiger partial charge in [-0.25, -0.2) is 4.79 Å². The fourth-order valence-corrected chi connectivity index (χ4v) is 1.75. The molecular formula is C10H8BrNO3. The number of halogens is 1. The summed E-state index contributed by atoms with van der Waals surface area (Å²) < 4.78 is 0.773. The molecule has 0 radical (unpaired) electrons. The Kier molecular flexibility index (Phi) is 2.73. The van der Waals surface area contributed by atoms with E-state index in [-0.39, 0.29) is 11.7 Å². The minimum atomic E-state index is -0.925. The highest BCUT2D eigenvalue weighted by Gasteiger charge is 2.21. The van der Waals surface area contributed by atoms with Crippen LogP contribution in [0.1, 0.15) is 28.4 Å². The highest BCUT2D eigenvalue weighted by molar-refractivity contribution is 9.18. The zero-order valence-corrected chi connectivity index (χ0v) is 9.27. The van der Waals surface area contributed by atoms with Gasteiger partial charge in [0.1, 0.15) is 4.62 Å². The summed E-state index contributed by atoms with van der Waals surface area (Å²) >= 11 is 3.24. The predicted octanol–water partition coefficient (Wildman–Crippen LogP) is 2.55. The Morgan fingerprint density at radius 3 is 2.60 bits per heavy atom. The standard InChI is InChI=1S/C10H8BrNO3/c11-9-5-8(15-12-9)6-1-3-7(4-2-6)10(13)14/h1-4,8H,5H2,(H,13,14). The van der Waals surface area contributed by atoms with Crippen molar-refractivity contribution in [2.24, 2.45) is 5.16 Å². The first-order valence-electron chi connectivity index (χ1n) is 4.38. The number of carbonyl (C=O) groups is 1. The van der Waals surface area contributed by atoms with E-state index in [0.29, 0.717) is 6.42 Å². The van der Waals surface area contributed by atoms with E-state index in [1.165, 1.54) is 0 Å². The quantitative estimate of drug-likeness (QED) is 0.898. The zero-order valence-electron chi connectivity index (χ0n) is 7.68. The van der Waals surface area contributed by atoms with Crippen LogP contribution in [0.2, 0.25) is 0 Å². The Bertz CT molecular complexity index is 413. The van der Waals surface area contributed by atoms with Crippen LogP contribution < -0.4 is 0 Å². The molecule has 0 aromatic heterocycles. The number of nitrogens with zero attached hydrogens (tertiary/aromatic N) is 1. The first-order valence-corrected chi connectivity index (χ1v) is 5.17. The van der Waals surface area contributed by atoms with Crippen LogP contribution in [0.4, 0.5) is 0 Å². The Morgan fingerprint density at radius 2 is 2.13 bits per heavy atom. The molecule has 0 aliphatic carbocycles. The molecule has 1 aliphatic rings. The molecule has 0 saturated heterocycles. The smallest absolute Gasteiger partial charge is 0.335 e. The zero-order chi connectivity index (χ0) is 10.8. The van der Waals surface area contributed by atoms with E-state index in [1.807, 2.05) is 0 Å². The molecule has 0 saturated carbocycles. The van der Waals surface area contributed by atoms with Crippen molar-refractivity contribution in [3.05, 3.63) is 35.4 Å². The van der Waals surface area contributed by atoms with Crippen molar-refractivity contribution in [3.8, 4) is 0 Å². The maximum absolute atomic E-state index is 10.6. The molecule has 1 N–H and O–H groups in total. The molecule has 1 aromatic carbocycles. The topological polar surface area (TPSA) is 58.9 Å². The van der Waals surface area contributed by atoms with Gasteiger partial charge in [0.05, 0.1) is 5.56 Å². The SMILES string of the molecule is O=C(O)c1ccc(C2CC(Br)=NO2)cc1. The number of hydrogen-bond acceptors (Lipinski definition) is 3. The molecule has 1 heterocycles. The molecule has 15 heavy (non-hydrogen) atoms. The van der Waals surface area contributed by atoms with Crippen molar-refractivity contribution in [2.45, 2.75) is 12.5 Å². The molecule has 5 heteroatoms. The average molecular weight is 270 g/mol. The second kappa shape index (κ2) is 4.02. The lowest BCUT2D eigenvalue weighted by Gasteiger charge is -2.07. The lowest BCUT2D eigenvalue weighted by atomic mass is 10.1. The van der Waals surface area contributed by atoms with Crippen molar-refractivity contribution in [1.29, 1.82) is 0 Å². The van der Waals surface area contributed by atoms with Crippen molar-refractivity contribution in [2.75, 3.05) is 0 Å². The average Bonchev–Trinajstić information content (AvgIpc) is 2.65. The van der Waals surface area contributed by atoms with Crippen LogP contribution in [-0.4, -0.2) is 15.7 Å². The van der Waals surface area contributed by atoms with Crippen LogP contribution in [0.3, 0.4) is 0 Å². The summed E-state index contributed by atoms with van der Waals surface area (Å²) in [5.41, 5.74) is 1.20. The van der Waals surface area contributed by atoms with Crippen LogP contribution in [0.25, 0.3) is 0 Å². The van der Waals surface area contributed by atoms with Gasteiger partial charge in [0, 0.05) is 6.42 Å². The molecule has 4 nitrogen and oxygen atoms in total. The van der Waals surface area contributed by atoms with Crippen LogP contribution in [0.15, 0.2) is 29.4 Å². The summed E-state index contributed by atoms with van der Waals surface area (Å²) in [5, 5.41) is 12.5. The van der Waals surface area contributed by atoms with Gasteiger partial charge < -0.3 is 9.94 Å². The largest absolute Gasteiger partial charge is 0.478 e. The number of hydrogen-bond donors (Lipinski definition) is 1. The minimum Gasteiger partial charge on any atom is -0.478 e. The van der Waals surface area contributed by atoms with Crippen molar-refractivity contribution < 1.29 is 14.7 Å². The van der Waals surface area contributed by atoms with Gasteiger partial charge in [-0.1, -0.05) is 17.3 Å². The summed E-state index contributed by atoms with van der Waals surface area (Å²) in [5.74, 6) is -0.925. The van der Waals surface area contributed by atoms with Gasteiger partial charge in [-0.2, -0.15) is 0 Å². The molecule has 0 spiro atoms. The number of aromatic carboxylic acids is 1. The Morgan fingerprint density at radius 1 is 1.47 bits per heavy atom. The van der Waals surface area contributed by atoms with Gasteiger partial charge >= 0.3 is 5.97 Å².